The molecule has 0 bridgehead atoms. The van der Waals surface area contributed by atoms with Gasteiger partial charge in [-0.25, -0.2) is 0 Å². The number of fused-ring (bicyclic) bond motifs is 1. The third-order valence-electron chi connectivity index (χ3n) is 2.09. The predicted octanol–water partition coefficient (Wildman–Crippen LogP) is 3.68. The summed E-state index contributed by atoms with van der Waals surface area (Å²) in [6, 6.07) is 3.79. The molecule has 15 heavy (non-hydrogen) atoms. The smallest absolute Gasteiger partial charge is 0.167 e. The molecule has 0 aliphatic rings. The largest absolute Gasteiger partial charge is 0.313 e. The third-order valence-corrected chi connectivity index (χ3v) is 3.44. The molecule has 1 N–H and O–H groups in total. The molecule has 2 aromatic rings. The highest BCUT2D eigenvalue weighted by molar-refractivity contribution is 9.10. The number of nitrogens with zero attached hydrogens (tertiary/aromatic N) is 2. The summed E-state index contributed by atoms with van der Waals surface area (Å²) < 4.78 is 5.92. The van der Waals surface area contributed by atoms with E-state index in [2.05, 4.69) is 25.8 Å². The van der Waals surface area contributed by atoms with Crippen LogP contribution < -0.4 is 4.72 Å². The van der Waals surface area contributed by atoms with Crippen molar-refractivity contribution in [2.45, 2.75) is 0 Å². The van der Waals surface area contributed by atoms with Gasteiger partial charge >= 0.3 is 0 Å². The molecule has 0 unspecified atom stereocenters. The number of hydrogen-bond donors (Lipinski definition) is 1. The van der Waals surface area contributed by atoms with E-state index in [1.54, 1.807) is 0 Å². The zero-order valence-electron chi connectivity index (χ0n) is 8.21. The van der Waals surface area contributed by atoms with Gasteiger partial charge in [0, 0.05) is 17.8 Å². The minimum Gasteiger partial charge on any atom is -0.313 e. The summed E-state index contributed by atoms with van der Waals surface area (Å²) in [5.41, 5.74) is 0.999. The van der Waals surface area contributed by atoms with Crippen molar-refractivity contribution in [3.8, 4) is 0 Å². The zero-order valence-corrected chi connectivity index (χ0v) is 11.4. The average molecular weight is 307 g/mol. The molecule has 1 aromatic heterocycles. The lowest BCUT2D eigenvalue weighted by atomic mass is 10.2. The van der Waals surface area contributed by atoms with Gasteiger partial charge in [0.05, 0.1) is 15.9 Å². The maximum Gasteiger partial charge on any atom is 0.167 e. The van der Waals surface area contributed by atoms with Crippen molar-refractivity contribution in [1.29, 1.82) is 0 Å². The molecule has 0 aliphatic heterocycles. The van der Waals surface area contributed by atoms with E-state index in [0.717, 1.165) is 21.2 Å². The van der Waals surface area contributed by atoms with Crippen LogP contribution in [-0.4, -0.2) is 16.0 Å². The summed E-state index contributed by atoms with van der Waals surface area (Å²) in [6.45, 7) is 0. The van der Waals surface area contributed by atoms with E-state index < -0.39 is 0 Å². The lowest BCUT2D eigenvalue weighted by Crippen LogP contribution is -1.91. The fraction of sp³-hybridized carbons (Fsp3) is 0.222. The Bertz CT molecular complexity index is 512. The molecule has 0 spiro atoms. The molecule has 80 valence electrons. The molecule has 0 fully saturated rings. The maximum atomic E-state index is 6.16. The van der Waals surface area contributed by atoms with Crippen molar-refractivity contribution in [1.82, 2.24) is 9.78 Å². The standard InChI is InChI=1S/C9H9BrClN3S/c1-14-8-5(10)3-4-6(11)7(8)9(12-14)13-15-2/h3-4H,1-2H3,(H,12,13). The van der Waals surface area contributed by atoms with Crippen LogP contribution in [0.2, 0.25) is 5.02 Å². The lowest BCUT2D eigenvalue weighted by molar-refractivity contribution is 0.800. The van der Waals surface area contributed by atoms with E-state index in [1.807, 2.05) is 30.1 Å². The van der Waals surface area contributed by atoms with E-state index in [1.165, 1.54) is 11.9 Å². The van der Waals surface area contributed by atoms with Crippen LogP contribution in [0.5, 0.6) is 0 Å². The summed E-state index contributed by atoms with van der Waals surface area (Å²) in [5, 5.41) is 6.02. The second-order valence-corrected chi connectivity index (χ2v) is 4.91. The van der Waals surface area contributed by atoms with E-state index in [0.29, 0.717) is 5.02 Å². The van der Waals surface area contributed by atoms with Gasteiger partial charge in [-0.05, 0) is 28.1 Å². The van der Waals surface area contributed by atoms with Gasteiger partial charge in [-0.1, -0.05) is 23.5 Å². The number of aryl methyl sites for hydroxylation is 1. The number of nitrogens with one attached hydrogen (secondary N) is 1. The van der Waals surface area contributed by atoms with Crippen LogP contribution >= 0.6 is 39.5 Å². The molecule has 3 nitrogen and oxygen atoms in total. The second kappa shape index (κ2) is 4.23. The highest BCUT2D eigenvalue weighted by atomic mass is 79.9. The first-order valence-electron chi connectivity index (χ1n) is 4.25. The van der Waals surface area contributed by atoms with Crippen LogP contribution in [-0.2, 0) is 7.05 Å². The molecule has 0 amide bonds. The quantitative estimate of drug-likeness (QED) is 0.858. The normalized spacial score (nSPS) is 10.9. The summed E-state index contributed by atoms with van der Waals surface area (Å²) in [5.74, 6) is 0.798. The summed E-state index contributed by atoms with van der Waals surface area (Å²) >= 11 is 11.1. The maximum absolute atomic E-state index is 6.16. The molecule has 0 atom stereocenters. The Hall–Kier alpha value is -0.390. The van der Waals surface area contributed by atoms with Crippen LogP contribution in [0.3, 0.4) is 0 Å². The van der Waals surface area contributed by atoms with Crippen LogP contribution in [0.4, 0.5) is 5.82 Å². The van der Waals surface area contributed by atoms with Crippen molar-refractivity contribution in [3.63, 3.8) is 0 Å². The Kier molecular flexibility index (Phi) is 3.13. The van der Waals surface area contributed by atoms with Gasteiger partial charge in [0.1, 0.15) is 0 Å². The highest BCUT2D eigenvalue weighted by Gasteiger charge is 2.13. The first-order valence-corrected chi connectivity index (χ1v) is 6.64. The summed E-state index contributed by atoms with van der Waals surface area (Å²) in [4.78, 5) is 0. The van der Waals surface area contributed by atoms with Crippen molar-refractivity contribution >= 4 is 56.2 Å². The van der Waals surface area contributed by atoms with Crippen LogP contribution in [0.15, 0.2) is 16.6 Å². The van der Waals surface area contributed by atoms with Gasteiger partial charge < -0.3 is 4.72 Å². The minimum atomic E-state index is 0.706. The van der Waals surface area contributed by atoms with Gasteiger partial charge in [-0.3, -0.25) is 4.68 Å². The SMILES string of the molecule is CSNc1nn(C)c2c(Br)ccc(Cl)c12. The zero-order chi connectivity index (χ0) is 11.0. The second-order valence-electron chi connectivity index (χ2n) is 3.03. The minimum absolute atomic E-state index is 0.706. The molecule has 0 aliphatic carbocycles. The Morgan fingerprint density at radius 3 is 2.93 bits per heavy atom. The van der Waals surface area contributed by atoms with Crippen LogP contribution in [0.1, 0.15) is 0 Å². The Morgan fingerprint density at radius 1 is 1.53 bits per heavy atom. The number of anilines is 1. The first kappa shape index (κ1) is 11.1. The number of benzene rings is 1. The van der Waals surface area contributed by atoms with Gasteiger partial charge in [0.25, 0.3) is 0 Å². The molecule has 6 heteroatoms. The first-order chi connectivity index (χ1) is 7.15. The van der Waals surface area contributed by atoms with E-state index >= 15 is 0 Å². The number of rotatable bonds is 2. The summed E-state index contributed by atoms with van der Waals surface area (Å²) in [7, 11) is 1.90. The monoisotopic (exact) mass is 305 g/mol. The van der Waals surface area contributed by atoms with Gasteiger partial charge in [0.2, 0.25) is 0 Å². The van der Waals surface area contributed by atoms with Crippen molar-refractivity contribution in [2.75, 3.05) is 11.0 Å². The Morgan fingerprint density at radius 2 is 2.27 bits per heavy atom. The average Bonchev–Trinajstić information content (AvgIpc) is 2.51. The Balaban J connectivity index is 2.80. The summed E-state index contributed by atoms with van der Waals surface area (Å²) in [6.07, 6.45) is 1.95. The van der Waals surface area contributed by atoms with Crippen molar-refractivity contribution < 1.29 is 0 Å². The molecule has 2 rings (SSSR count). The molecule has 0 saturated heterocycles. The predicted molar refractivity (Wildman–Crippen MR) is 70.6 cm³/mol. The van der Waals surface area contributed by atoms with E-state index in [9.17, 15) is 0 Å². The van der Waals surface area contributed by atoms with Gasteiger partial charge in [-0.15, -0.1) is 0 Å². The van der Waals surface area contributed by atoms with Gasteiger partial charge in [-0.2, -0.15) is 5.10 Å². The highest BCUT2D eigenvalue weighted by Crippen LogP contribution is 2.35. The van der Waals surface area contributed by atoms with Crippen LogP contribution in [0, 0.1) is 0 Å². The van der Waals surface area contributed by atoms with Crippen molar-refractivity contribution in [2.24, 2.45) is 7.05 Å². The molecule has 1 aromatic carbocycles. The molecule has 0 saturated carbocycles. The number of aromatic nitrogens is 2. The van der Waals surface area contributed by atoms with E-state index in [-0.39, 0.29) is 0 Å². The number of hydrogen-bond acceptors (Lipinski definition) is 3. The number of halogens is 2. The third kappa shape index (κ3) is 1.84. The van der Waals surface area contributed by atoms with Crippen LogP contribution in [0.25, 0.3) is 10.9 Å². The molecule has 1 heterocycles. The molecule has 0 radical (unpaired) electrons. The molecular weight excluding hydrogens is 298 g/mol. The molecular formula is C9H9BrClN3S. The fourth-order valence-corrected chi connectivity index (χ4v) is 2.67. The topological polar surface area (TPSA) is 29.9 Å². The van der Waals surface area contributed by atoms with E-state index in [4.69, 9.17) is 11.6 Å². The lowest BCUT2D eigenvalue weighted by Gasteiger charge is -2.00. The Labute approximate surface area is 105 Å². The fourth-order valence-electron chi connectivity index (χ4n) is 1.50. The van der Waals surface area contributed by atoms with Gasteiger partial charge in [0.15, 0.2) is 5.82 Å². The van der Waals surface area contributed by atoms with Crippen molar-refractivity contribution in [3.05, 3.63) is 21.6 Å².